The van der Waals surface area contributed by atoms with Crippen LogP contribution in [0.15, 0.2) is 18.3 Å². The molecule has 0 N–H and O–H groups in total. The lowest BCUT2D eigenvalue weighted by atomic mass is 9.98. The van der Waals surface area contributed by atoms with Crippen molar-refractivity contribution in [3.8, 4) is 11.3 Å². The standard InChI is InChI=1S/C20H26FN3O/c1-13(2)18-12-22-24(16-7-9-25-10-8-16)19(18)17-6-5-15(23-20(17)21)11-14-3-4-14/h5-6,12-14,16H,3-4,7-11H2,1-2H3. The lowest BCUT2D eigenvalue weighted by Gasteiger charge is -2.25. The first-order chi connectivity index (χ1) is 12.1. The summed E-state index contributed by atoms with van der Waals surface area (Å²) in [7, 11) is 0. The number of halogens is 1. The molecule has 1 saturated carbocycles. The molecule has 0 bridgehead atoms. The summed E-state index contributed by atoms with van der Waals surface area (Å²) in [5.41, 5.74) is 3.42. The van der Waals surface area contributed by atoms with Crippen molar-refractivity contribution < 1.29 is 9.13 Å². The van der Waals surface area contributed by atoms with Gasteiger partial charge in [0.25, 0.3) is 0 Å². The third-order valence-corrected chi connectivity index (χ3v) is 5.34. The van der Waals surface area contributed by atoms with E-state index in [1.165, 1.54) is 12.8 Å². The Labute approximate surface area is 148 Å². The van der Waals surface area contributed by atoms with E-state index in [-0.39, 0.29) is 17.9 Å². The highest BCUT2D eigenvalue weighted by molar-refractivity contribution is 5.64. The second-order valence-electron chi connectivity index (χ2n) is 7.68. The smallest absolute Gasteiger partial charge is 0.222 e. The van der Waals surface area contributed by atoms with E-state index >= 15 is 0 Å². The van der Waals surface area contributed by atoms with Gasteiger partial charge in [0, 0.05) is 24.5 Å². The molecule has 4 nitrogen and oxygen atoms in total. The van der Waals surface area contributed by atoms with Crippen LogP contribution in [0.4, 0.5) is 4.39 Å². The zero-order valence-corrected chi connectivity index (χ0v) is 15.0. The minimum Gasteiger partial charge on any atom is -0.381 e. The summed E-state index contributed by atoms with van der Waals surface area (Å²) in [5, 5.41) is 4.63. The van der Waals surface area contributed by atoms with Crippen LogP contribution in [0.25, 0.3) is 11.3 Å². The molecule has 3 heterocycles. The summed E-state index contributed by atoms with van der Waals surface area (Å²) in [6, 6.07) is 4.16. The summed E-state index contributed by atoms with van der Waals surface area (Å²) in [6.07, 6.45) is 7.13. The molecule has 2 aliphatic rings. The number of ether oxygens (including phenoxy) is 1. The Kier molecular flexibility index (Phi) is 4.59. The van der Waals surface area contributed by atoms with E-state index in [1.807, 2.05) is 23.0 Å². The Balaban J connectivity index is 1.73. The van der Waals surface area contributed by atoms with E-state index < -0.39 is 0 Å². The molecule has 4 rings (SSSR count). The van der Waals surface area contributed by atoms with Crippen LogP contribution in [-0.4, -0.2) is 28.0 Å². The summed E-state index contributed by atoms with van der Waals surface area (Å²) >= 11 is 0. The van der Waals surface area contributed by atoms with Gasteiger partial charge in [-0.1, -0.05) is 13.8 Å². The molecule has 5 heteroatoms. The van der Waals surface area contributed by atoms with Crippen molar-refractivity contribution in [2.24, 2.45) is 5.92 Å². The molecule has 1 aliphatic heterocycles. The number of nitrogens with zero attached hydrogens (tertiary/aromatic N) is 3. The zero-order valence-electron chi connectivity index (χ0n) is 15.0. The Morgan fingerprint density at radius 3 is 2.60 bits per heavy atom. The summed E-state index contributed by atoms with van der Waals surface area (Å²) < 4.78 is 22.4. The molecule has 1 aliphatic carbocycles. The Morgan fingerprint density at radius 1 is 1.20 bits per heavy atom. The third kappa shape index (κ3) is 3.47. The molecule has 0 aromatic carbocycles. The average molecular weight is 343 g/mol. The van der Waals surface area contributed by atoms with Gasteiger partial charge in [0.05, 0.1) is 23.5 Å². The van der Waals surface area contributed by atoms with Crippen molar-refractivity contribution in [2.75, 3.05) is 13.2 Å². The van der Waals surface area contributed by atoms with Crippen LogP contribution in [0, 0.1) is 11.9 Å². The molecule has 2 fully saturated rings. The first kappa shape index (κ1) is 16.7. The van der Waals surface area contributed by atoms with Crippen molar-refractivity contribution in [1.82, 2.24) is 14.8 Å². The van der Waals surface area contributed by atoms with Crippen molar-refractivity contribution in [1.29, 1.82) is 0 Å². The minimum atomic E-state index is -0.367. The number of hydrogen-bond acceptors (Lipinski definition) is 3. The van der Waals surface area contributed by atoms with Crippen molar-refractivity contribution in [3.05, 3.63) is 35.5 Å². The number of rotatable bonds is 5. The Bertz CT molecular complexity index is 745. The van der Waals surface area contributed by atoms with E-state index in [2.05, 4.69) is 23.9 Å². The highest BCUT2D eigenvalue weighted by atomic mass is 19.1. The van der Waals surface area contributed by atoms with Crippen LogP contribution in [0.3, 0.4) is 0 Å². The van der Waals surface area contributed by atoms with Gasteiger partial charge in [0.1, 0.15) is 0 Å². The lowest BCUT2D eigenvalue weighted by Crippen LogP contribution is -2.21. The highest BCUT2D eigenvalue weighted by Gasteiger charge is 2.26. The van der Waals surface area contributed by atoms with Crippen LogP contribution in [0.5, 0.6) is 0 Å². The predicted octanol–water partition coefficient (Wildman–Crippen LogP) is 4.51. The van der Waals surface area contributed by atoms with Crippen molar-refractivity contribution in [2.45, 2.75) is 57.9 Å². The van der Waals surface area contributed by atoms with Gasteiger partial charge in [-0.25, -0.2) is 4.98 Å². The fourth-order valence-corrected chi connectivity index (χ4v) is 3.66. The van der Waals surface area contributed by atoms with Gasteiger partial charge in [-0.05, 0) is 56.1 Å². The fraction of sp³-hybridized carbons (Fsp3) is 0.600. The molecular formula is C20H26FN3O. The van der Waals surface area contributed by atoms with Crippen LogP contribution >= 0.6 is 0 Å². The second-order valence-corrected chi connectivity index (χ2v) is 7.68. The van der Waals surface area contributed by atoms with Gasteiger partial charge in [-0.15, -0.1) is 0 Å². The van der Waals surface area contributed by atoms with E-state index in [0.29, 0.717) is 11.5 Å². The third-order valence-electron chi connectivity index (χ3n) is 5.34. The van der Waals surface area contributed by atoms with E-state index in [0.717, 1.165) is 49.4 Å². The largest absolute Gasteiger partial charge is 0.381 e. The van der Waals surface area contributed by atoms with Gasteiger partial charge in [0.2, 0.25) is 5.95 Å². The molecule has 1 saturated heterocycles. The van der Waals surface area contributed by atoms with E-state index in [4.69, 9.17) is 4.74 Å². The first-order valence-corrected chi connectivity index (χ1v) is 9.44. The maximum absolute atomic E-state index is 14.9. The first-order valence-electron chi connectivity index (χ1n) is 9.44. The second kappa shape index (κ2) is 6.87. The molecule has 2 aromatic rings. The van der Waals surface area contributed by atoms with Gasteiger partial charge < -0.3 is 4.74 Å². The fourth-order valence-electron chi connectivity index (χ4n) is 3.66. The number of aromatic nitrogens is 3. The molecule has 134 valence electrons. The molecule has 2 aromatic heterocycles. The van der Waals surface area contributed by atoms with Crippen LogP contribution in [0.1, 0.15) is 62.7 Å². The molecule has 0 amide bonds. The van der Waals surface area contributed by atoms with Gasteiger partial charge in [-0.3, -0.25) is 4.68 Å². The van der Waals surface area contributed by atoms with Crippen LogP contribution in [0.2, 0.25) is 0 Å². The molecule has 0 atom stereocenters. The van der Waals surface area contributed by atoms with Crippen molar-refractivity contribution >= 4 is 0 Å². The molecule has 0 unspecified atom stereocenters. The summed E-state index contributed by atoms with van der Waals surface area (Å²) in [4.78, 5) is 4.26. The normalized spacial score (nSPS) is 18.9. The van der Waals surface area contributed by atoms with Crippen LogP contribution in [-0.2, 0) is 11.2 Å². The Morgan fingerprint density at radius 2 is 1.96 bits per heavy atom. The van der Waals surface area contributed by atoms with Crippen molar-refractivity contribution in [3.63, 3.8) is 0 Å². The van der Waals surface area contributed by atoms with E-state index in [1.54, 1.807) is 0 Å². The quantitative estimate of drug-likeness (QED) is 0.750. The lowest BCUT2D eigenvalue weighted by molar-refractivity contribution is 0.0667. The maximum atomic E-state index is 14.9. The minimum absolute atomic E-state index is 0.266. The molecule has 0 spiro atoms. The summed E-state index contributed by atoms with van der Waals surface area (Å²) in [6.45, 7) is 5.73. The number of pyridine rings is 1. The average Bonchev–Trinajstić information content (AvgIpc) is 3.30. The Hall–Kier alpha value is -1.75. The molecule has 25 heavy (non-hydrogen) atoms. The highest BCUT2D eigenvalue weighted by Crippen LogP contribution is 2.36. The van der Waals surface area contributed by atoms with Crippen LogP contribution < -0.4 is 0 Å². The molecule has 0 radical (unpaired) electrons. The SMILES string of the molecule is CC(C)c1cnn(C2CCOCC2)c1-c1ccc(CC2CC2)nc1F. The zero-order chi connectivity index (χ0) is 17.4. The topological polar surface area (TPSA) is 39.9 Å². The van der Waals surface area contributed by atoms with Gasteiger partial charge >= 0.3 is 0 Å². The monoisotopic (exact) mass is 343 g/mol. The number of hydrogen-bond donors (Lipinski definition) is 0. The maximum Gasteiger partial charge on any atom is 0.222 e. The molecular weight excluding hydrogens is 317 g/mol. The van der Waals surface area contributed by atoms with Gasteiger partial charge in [0.15, 0.2) is 0 Å². The summed E-state index contributed by atoms with van der Waals surface area (Å²) in [5.74, 6) is 0.625. The predicted molar refractivity (Wildman–Crippen MR) is 95.0 cm³/mol. The van der Waals surface area contributed by atoms with E-state index in [9.17, 15) is 4.39 Å². The van der Waals surface area contributed by atoms with Gasteiger partial charge in [-0.2, -0.15) is 9.49 Å².